The van der Waals surface area contributed by atoms with Crippen LogP contribution in [-0.2, 0) is 5.75 Å². The van der Waals surface area contributed by atoms with E-state index in [1.54, 1.807) is 12.1 Å². The van der Waals surface area contributed by atoms with E-state index in [1.807, 2.05) is 0 Å². The minimum atomic E-state index is -0.357. The van der Waals surface area contributed by atoms with Crippen LogP contribution in [0.3, 0.4) is 0 Å². The number of nitrogens with one attached hydrogen (secondary N) is 1. The molecule has 2 heterocycles. The number of hydrogen-bond acceptors (Lipinski definition) is 6. The van der Waals surface area contributed by atoms with Crippen molar-refractivity contribution in [1.82, 2.24) is 15.5 Å². The van der Waals surface area contributed by atoms with Crippen LogP contribution in [-0.4, -0.2) is 27.9 Å². The second-order valence-electron chi connectivity index (χ2n) is 4.64. The summed E-state index contributed by atoms with van der Waals surface area (Å²) >= 11 is 1.52. The zero-order valence-corrected chi connectivity index (χ0v) is 11.4. The molecule has 1 aliphatic rings. The molecule has 1 aliphatic heterocycles. The van der Waals surface area contributed by atoms with Gasteiger partial charge in [-0.2, -0.15) is 4.98 Å². The molecule has 0 spiro atoms. The Labute approximate surface area is 119 Å². The van der Waals surface area contributed by atoms with Gasteiger partial charge in [-0.1, -0.05) is 5.16 Å². The maximum atomic E-state index is 12.8. The Kier molecular flexibility index (Phi) is 4.00. The molecule has 2 N–H and O–H groups in total. The molecule has 1 saturated heterocycles. The van der Waals surface area contributed by atoms with E-state index in [4.69, 9.17) is 4.52 Å². The summed E-state index contributed by atoms with van der Waals surface area (Å²) in [6.45, 7) is 0.548. The Hall–Kier alpha value is -1.44. The second-order valence-corrected chi connectivity index (χ2v) is 5.69. The van der Waals surface area contributed by atoms with Gasteiger partial charge in [-0.3, -0.25) is 0 Å². The third-order valence-corrected chi connectivity index (χ3v) is 4.08. The third kappa shape index (κ3) is 3.17. The maximum Gasteiger partial charge on any atom is 0.243 e. The monoisotopic (exact) mass is 295 g/mol. The van der Waals surface area contributed by atoms with Crippen LogP contribution in [0, 0.1) is 5.82 Å². The molecule has 3 rings (SSSR count). The van der Waals surface area contributed by atoms with E-state index in [0.717, 1.165) is 4.90 Å². The SMILES string of the molecule is O[C@H]1CN[C@H](c2nc(CSc3ccc(F)cc3)no2)C1. The Balaban J connectivity index is 1.58. The normalized spacial score (nSPS) is 22.3. The number of β-amino-alcohol motifs (C(OH)–C–C–N with tert-alkyl or cyclic N) is 1. The number of aliphatic hydroxyl groups is 1. The fraction of sp³-hybridized carbons (Fsp3) is 0.385. The van der Waals surface area contributed by atoms with Crippen molar-refractivity contribution in [3.05, 3.63) is 41.8 Å². The minimum Gasteiger partial charge on any atom is -0.392 e. The van der Waals surface area contributed by atoms with Crippen molar-refractivity contribution in [2.75, 3.05) is 6.54 Å². The number of aliphatic hydroxyl groups excluding tert-OH is 1. The average Bonchev–Trinajstić information content (AvgIpc) is 3.07. The van der Waals surface area contributed by atoms with Gasteiger partial charge < -0.3 is 14.9 Å². The van der Waals surface area contributed by atoms with Crippen LogP contribution in [0.4, 0.5) is 4.39 Å². The minimum absolute atomic E-state index is 0.0675. The van der Waals surface area contributed by atoms with Crippen molar-refractivity contribution in [2.45, 2.75) is 29.2 Å². The van der Waals surface area contributed by atoms with Gasteiger partial charge in [-0.05, 0) is 30.7 Å². The Bertz CT molecular complexity index is 575. The lowest BCUT2D eigenvalue weighted by molar-refractivity contribution is 0.191. The van der Waals surface area contributed by atoms with Crippen molar-refractivity contribution in [3.63, 3.8) is 0 Å². The zero-order valence-electron chi connectivity index (χ0n) is 10.6. The van der Waals surface area contributed by atoms with E-state index in [9.17, 15) is 9.50 Å². The molecule has 2 aromatic rings. The van der Waals surface area contributed by atoms with E-state index in [0.29, 0.717) is 30.4 Å². The Morgan fingerprint density at radius 1 is 1.40 bits per heavy atom. The quantitative estimate of drug-likeness (QED) is 0.839. The van der Waals surface area contributed by atoms with Crippen LogP contribution in [0.15, 0.2) is 33.7 Å². The highest BCUT2D eigenvalue weighted by molar-refractivity contribution is 7.98. The van der Waals surface area contributed by atoms with Gasteiger partial charge in [0.25, 0.3) is 0 Å². The average molecular weight is 295 g/mol. The zero-order chi connectivity index (χ0) is 13.9. The molecular formula is C13H14FN3O2S. The first-order valence-electron chi connectivity index (χ1n) is 6.33. The third-order valence-electron chi connectivity index (χ3n) is 3.07. The second kappa shape index (κ2) is 5.90. The van der Waals surface area contributed by atoms with Gasteiger partial charge in [-0.25, -0.2) is 4.39 Å². The summed E-state index contributed by atoms with van der Waals surface area (Å²) in [7, 11) is 0. The smallest absolute Gasteiger partial charge is 0.243 e. The molecule has 0 unspecified atom stereocenters. The number of thioether (sulfide) groups is 1. The molecule has 0 aliphatic carbocycles. The van der Waals surface area contributed by atoms with Crippen molar-refractivity contribution in [3.8, 4) is 0 Å². The van der Waals surface area contributed by atoms with E-state index >= 15 is 0 Å². The molecule has 0 saturated carbocycles. The van der Waals surface area contributed by atoms with E-state index < -0.39 is 0 Å². The summed E-state index contributed by atoms with van der Waals surface area (Å²) in [6, 6.07) is 6.22. The van der Waals surface area contributed by atoms with Gasteiger partial charge in [0.05, 0.1) is 17.9 Å². The lowest BCUT2D eigenvalue weighted by Crippen LogP contribution is -2.15. The highest BCUT2D eigenvalue weighted by Crippen LogP contribution is 2.25. The first kappa shape index (κ1) is 13.5. The van der Waals surface area contributed by atoms with Gasteiger partial charge in [0, 0.05) is 11.4 Å². The molecule has 20 heavy (non-hydrogen) atoms. The molecule has 1 aromatic heterocycles. The molecule has 7 heteroatoms. The van der Waals surface area contributed by atoms with E-state index in [-0.39, 0.29) is 18.0 Å². The summed E-state index contributed by atoms with van der Waals surface area (Å²) in [5, 5.41) is 16.5. The van der Waals surface area contributed by atoms with Crippen LogP contribution in [0.2, 0.25) is 0 Å². The number of halogens is 1. The summed E-state index contributed by atoms with van der Waals surface area (Å²) < 4.78 is 18.0. The van der Waals surface area contributed by atoms with Crippen molar-refractivity contribution in [2.24, 2.45) is 0 Å². The van der Waals surface area contributed by atoms with Crippen LogP contribution < -0.4 is 5.32 Å². The van der Waals surface area contributed by atoms with Crippen molar-refractivity contribution >= 4 is 11.8 Å². The predicted molar refractivity (Wildman–Crippen MR) is 71.6 cm³/mol. The van der Waals surface area contributed by atoms with Crippen LogP contribution in [0.5, 0.6) is 0 Å². The molecule has 106 valence electrons. The number of benzene rings is 1. The number of hydrogen-bond donors (Lipinski definition) is 2. The predicted octanol–water partition coefficient (Wildman–Crippen LogP) is 1.90. The standard InChI is InChI=1S/C13H14FN3O2S/c14-8-1-3-10(4-2-8)20-7-12-16-13(19-17-12)11-5-9(18)6-15-11/h1-4,9,11,15,18H,5-7H2/t9-,11+/m1/s1. The molecule has 0 radical (unpaired) electrons. The summed E-state index contributed by atoms with van der Waals surface area (Å²) in [5.74, 6) is 1.42. The number of rotatable bonds is 4. The Morgan fingerprint density at radius 3 is 2.90 bits per heavy atom. The van der Waals surface area contributed by atoms with Crippen molar-refractivity contribution in [1.29, 1.82) is 0 Å². The lowest BCUT2D eigenvalue weighted by atomic mass is 10.2. The molecule has 1 fully saturated rings. The van der Waals surface area contributed by atoms with Gasteiger partial charge in [-0.15, -0.1) is 11.8 Å². The lowest BCUT2D eigenvalue weighted by Gasteiger charge is -2.01. The fourth-order valence-corrected chi connectivity index (χ4v) is 2.79. The molecule has 0 amide bonds. The first-order valence-corrected chi connectivity index (χ1v) is 7.31. The molecule has 5 nitrogen and oxygen atoms in total. The van der Waals surface area contributed by atoms with Crippen LogP contribution in [0.25, 0.3) is 0 Å². The number of aromatic nitrogens is 2. The maximum absolute atomic E-state index is 12.8. The topological polar surface area (TPSA) is 71.2 Å². The van der Waals surface area contributed by atoms with E-state index in [2.05, 4.69) is 15.5 Å². The molecule has 1 aromatic carbocycles. The van der Waals surface area contributed by atoms with Gasteiger partial charge in [0.1, 0.15) is 5.82 Å². The van der Waals surface area contributed by atoms with Gasteiger partial charge in [0.15, 0.2) is 5.82 Å². The van der Waals surface area contributed by atoms with Gasteiger partial charge >= 0.3 is 0 Å². The largest absolute Gasteiger partial charge is 0.392 e. The summed E-state index contributed by atoms with van der Waals surface area (Å²) in [6.07, 6.45) is 0.233. The highest BCUT2D eigenvalue weighted by atomic mass is 32.2. The van der Waals surface area contributed by atoms with Crippen LogP contribution >= 0.6 is 11.8 Å². The van der Waals surface area contributed by atoms with E-state index in [1.165, 1.54) is 23.9 Å². The first-order chi connectivity index (χ1) is 9.70. The summed E-state index contributed by atoms with van der Waals surface area (Å²) in [5.41, 5.74) is 0. The molecule has 2 atom stereocenters. The molecule has 0 bridgehead atoms. The van der Waals surface area contributed by atoms with Gasteiger partial charge in [0.2, 0.25) is 5.89 Å². The fourth-order valence-electron chi connectivity index (χ4n) is 2.05. The highest BCUT2D eigenvalue weighted by Gasteiger charge is 2.27. The Morgan fingerprint density at radius 2 is 2.20 bits per heavy atom. The summed E-state index contributed by atoms with van der Waals surface area (Å²) in [4.78, 5) is 5.26. The van der Waals surface area contributed by atoms with Crippen molar-refractivity contribution < 1.29 is 14.0 Å². The van der Waals surface area contributed by atoms with Crippen LogP contribution in [0.1, 0.15) is 24.2 Å². The number of nitrogens with zero attached hydrogens (tertiary/aromatic N) is 2. The molecular weight excluding hydrogens is 281 g/mol.